The summed E-state index contributed by atoms with van der Waals surface area (Å²) in [6, 6.07) is 23.6. The average molecular weight is 611 g/mol. The van der Waals surface area contributed by atoms with Gasteiger partial charge in [-0.2, -0.15) is 11.8 Å². The standard InChI is InChI=1S/C29H30Cl3NO5S/c30-29(31,32)28(36)33-16-20-2-1-3-24(14-20)21-8-10-23(11-9-21)27-37-25(18-39-13-12-34)15-26(38-27)22-6-4-19(17-35)5-7-22/h1-11,14,25-27,34-35H,12-13,15-18H2,(H,33,36)/t25-,26+,27+/m1/s1. The highest BCUT2D eigenvalue weighted by atomic mass is 35.6. The van der Waals surface area contributed by atoms with Crippen molar-refractivity contribution in [3.8, 4) is 11.1 Å². The number of hydrogen-bond donors (Lipinski definition) is 3. The molecule has 3 aromatic rings. The second kappa shape index (κ2) is 14.2. The van der Waals surface area contributed by atoms with Gasteiger partial charge in [-0.05, 0) is 33.9 Å². The average Bonchev–Trinajstić information content (AvgIpc) is 2.95. The number of aliphatic hydroxyl groups excluding tert-OH is 2. The van der Waals surface area contributed by atoms with Crippen molar-refractivity contribution in [2.75, 3.05) is 18.1 Å². The van der Waals surface area contributed by atoms with Crippen LogP contribution in [0.3, 0.4) is 0 Å². The van der Waals surface area contributed by atoms with Crippen molar-refractivity contribution in [1.82, 2.24) is 5.32 Å². The lowest BCUT2D eigenvalue weighted by molar-refractivity contribution is -0.245. The number of aliphatic hydroxyl groups is 2. The molecule has 0 bridgehead atoms. The van der Waals surface area contributed by atoms with Crippen LogP contribution in [0.1, 0.15) is 41.1 Å². The summed E-state index contributed by atoms with van der Waals surface area (Å²) >= 11 is 18.5. The minimum atomic E-state index is -2.00. The first-order valence-electron chi connectivity index (χ1n) is 12.5. The fourth-order valence-electron chi connectivity index (χ4n) is 4.28. The minimum absolute atomic E-state index is 0.00316. The molecule has 6 nitrogen and oxygen atoms in total. The summed E-state index contributed by atoms with van der Waals surface area (Å²) in [6.07, 6.45) is -0.0383. The third-order valence-electron chi connectivity index (χ3n) is 6.31. The van der Waals surface area contributed by atoms with E-state index in [-0.39, 0.29) is 32.0 Å². The summed E-state index contributed by atoms with van der Waals surface area (Å²) < 4.78 is 10.7. The van der Waals surface area contributed by atoms with Crippen molar-refractivity contribution in [1.29, 1.82) is 0 Å². The summed E-state index contributed by atoms with van der Waals surface area (Å²) in [6.45, 7) is 0.362. The molecule has 3 atom stereocenters. The molecule has 3 N–H and O–H groups in total. The van der Waals surface area contributed by atoms with Crippen molar-refractivity contribution < 1.29 is 24.5 Å². The third-order valence-corrected chi connectivity index (χ3v) is 7.90. The first kappa shape index (κ1) is 30.2. The Morgan fingerprint density at radius 1 is 0.923 bits per heavy atom. The predicted molar refractivity (Wildman–Crippen MR) is 157 cm³/mol. The van der Waals surface area contributed by atoms with Gasteiger partial charge in [-0.25, -0.2) is 0 Å². The summed E-state index contributed by atoms with van der Waals surface area (Å²) in [5.74, 6) is 0.736. The van der Waals surface area contributed by atoms with Crippen molar-refractivity contribution in [3.63, 3.8) is 0 Å². The molecule has 0 saturated carbocycles. The number of halogens is 3. The van der Waals surface area contributed by atoms with Crippen LogP contribution in [0.5, 0.6) is 0 Å². The monoisotopic (exact) mass is 609 g/mol. The Bertz CT molecular complexity index is 1220. The highest BCUT2D eigenvalue weighted by molar-refractivity contribution is 7.99. The third kappa shape index (κ3) is 8.59. The maximum atomic E-state index is 11.9. The van der Waals surface area contributed by atoms with Gasteiger partial charge in [-0.3, -0.25) is 4.79 Å². The second-order valence-corrected chi connectivity index (χ2v) is 12.6. The predicted octanol–water partition coefficient (Wildman–Crippen LogP) is 6.10. The van der Waals surface area contributed by atoms with Crippen LogP contribution in [-0.4, -0.2) is 44.1 Å². The fraction of sp³-hybridized carbons (Fsp3) is 0.345. The first-order chi connectivity index (χ1) is 18.8. The minimum Gasteiger partial charge on any atom is -0.396 e. The summed E-state index contributed by atoms with van der Waals surface area (Å²) in [4.78, 5) is 11.9. The van der Waals surface area contributed by atoms with E-state index in [1.807, 2.05) is 72.8 Å². The summed E-state index contributed by atoms with van der Waals surface area (Å²) in [7, 11) is 0. The molecule has 0 spiro atoms. The van der Waals surface area contributed by atoms with Gasteiger partial charge in [0.05, 0.1) is 25.4 Å². The zero-order valence-corrected chi connectivity index (χ0v) is 24.1. The number of rotatable bonds is 10. The normalized spacial score (nSPS) is 19.6. The van der Waals surface area contributed by atoms with Crippen LogP contribution in [-0.2, 0) is 27.4 Å². The van der Waals surface area contributed by atoms with Crippen molar-refractivity contribution in [2.24, 2.45) is 0 Å². The number of thioether (sulfide) groups is 1. The molecule has 1 aliphatic rings. The maximum Gasteiger partial charge on any atom is 0.272 e. The molecular weight excluding hydrogens is 581 g/mol. The molecule has 1 heterocycles. The molecule has 1 saturated heterocycles. The van der Waals surface area contributed by atoms with Gasteiger partial charge >= 0.3 is 0 Å². The van der Waals surface area contributed by atoms with E-state index < -0.39 is 16.0 Å². The molecule has 0 unspecified atom stereocenters. The first-order valence-corrected chi connectivity index (χ1v) is 14.8. The molecule has 208 valence electrons. The molecule has 1 fully saturated rings. The SMILES string of the molecule is O=C(NCc1cccc(-c2ccc([C@H]3O[C@@H](CSCCO)C[C@@H](c4ccc(CO)cc4)O3)cc2)c1)C(Cl)(Cl)Cl. The molecular formula is C29H30Cl3NO5S. The topological polar surface area (TPSA) is 88.0 Å². The highest BCUT2D eigenvalue weighted by Crippen LogP contribution is 2.39. The quantitative estimate of drug-likeness (QED) is 0.190. The summed E-state index contributed by atoms with van der Waals surface area (Å²) in [5.41, 5.74) is 5.64. The van der Waals surface area contributed by atoms with Gasteiger partial charge in [-0.1, -0.05) is 102 Å². The molecule has 0 aromatic heterocycles. The number of nitrogens with one attached hydrogen (secondary N) is 1. The molecule has 4 rings (SSSR count). The Balaban J connectivity index is 1.48. The number of carbonyl (C=O) groups is 1. The maximum absolute atomic E-state index is 11.9. The van der Waals surface area contributed by atoms with Gasteiger partial charge in [-0.15, -0.1) is 0 Å². The fourth-order valence-corrected chi connectivity index (χ4v) is 5.25. The second-order valence-electron chi connectivity index (χ2n) is 9.15. The van der Waals surface area contributed by atoms with E-state index in [2.05, 4.69) is 5.32 Å². The lowest BCUT2D eigenvalue weighted by Gasteiger charge is -2.36. The number of benzene rings is 3. The van der Waals surface area contributed by atoms with Gasteiger partial charge < -0.3 is 25.0 Å². The van der Waals surface area contributed by atoms with Crippen LogP contribution in [0.25, 0.3) is 11.1 Å². The van der Waals surface area contributed by atoms with E-state index in [1.165, 1.54) is 0 Å². The van der Waals surface area contributed by atoms with Crippen LogP contribution < -0.4 is 5.32 Å². The van der Waals surface area contributed by atoms with Gasteiger partial charge in [0.25, 0.3) is 9.70 Å². The zero-order chi connectivity index (χ0) is 27.8. The largest absolute Gasteiger partial charge is 0.396 e. The zero-order valence-electron chi connectivity index (χ0n) is 21.1. The molecule has 1 aliphatic heterocycles. The van der Waals surface area contributed by atoms with Crippen LogP contribution in [0.15, 0.2) is 72.8 Å². The Morgan fingerprint density at radius 3 is 2.31 bits per heavy atom. The van der Waals surface area contributed by atoms with Crippen LogP contribution in [0.4, 0.5) is 0 Å². The Morgan fingerprint density at radius 2 is 1.64 bits per heavy atom. The van der Waals surface area contributed by atoms with Crippen LogP contribution >= 0.6 is 46.6 Å². The smallest absolute Gasteiger partial charge is 0.272 e. The molecule has 1 amide bonds. The molecule has 0 aliphatic carbocycles. The van der Waals surface area contributed by atoms with Crippen molar-refractivity contribution >= 4 is 52.5 Å². The van der Waals surface area contributed by atoms with Crippen LogP contribution in [0, 0.1) is 0 Å². The molecule has 0 radical (unpaired) electrons. The number of hydrogen-bond acceptors (Lipinski definition) is 6. The van der Waals surface area contributed by atoms with Gasteiger partial charge in [0, 0.05) is 30.0 Å². The van der Waals surface area contributed by atoms with Crippen molar-refractivity contribution in [3.05, 3.63) is 95.1 Å². The Kier molecular flexibility index (Phi) is 11.0. The van der Waals surface area contributed by atoms with E-state index in [0.29, 0.717) is 12.2 Å². The number of carbonyl (C=O) groups excluding carboxylic acids is 1. The van der Waals surface area contributed by atoms with E-state index in [9.17, 15) is 15.0 Å². The molecule has 39 heavy (non-hydrogen) atoms. The Hall–Kier alpha value is -1.81. The van der Waals surface area contributed by atoms with E-state index in [4.69, 9.17) is 44.3 Å². The van der Waals surface area contributed by atoms with E-state index in [0.717, 1.165) is 39.1 Å². The number of ether oxygens (including phenoxy) is 2. The van der Waals surface area contributed by atoms with Crippen LogP contribution in [0.2, 0.25) is 0 Å². The van der Waals surface area contributed by atoms with Crippen molar-refractivity contribution in [2.45, 2.75) is 41.9 Å². The lowest BCUT2D eigenvalue weighted by atomic mass is 9.99. The summed E-state index contributed by atoms with van der Waals surface area (Å²) in [5, 5.41) is 21.2. The lowest BCUT2D eigenvalue weighted by Crippen LogP contribution is -2.33. The molecule has 10 heteroatoms. The Labute approximate surface area is 247 Å². The highest BCUT2D eigenvalue weighted by Gasteiger charge is 2.32. The van der Waals surface area contributed by atoms with E-state index in [1.54, 1.807) is 11.8 Å². The number of amides is 1. The number of alkyl halides is 3. The molecule has 3 aromatic carbocycles. The van der Waals surface area contributed by atoms with Gasteiger partial charge in [0.2, 0.25) is 0 Å². The van der Waals surface area contributed by atoms with E-state index >= 15 is 0 Å². The van der Waals surface area contributed by atoms with Gasteiger partial charge in [0.1, 0.15) is 0 Å². The van der Waals surface area contributed by atoms with Gasteiger partial charge in [0.15, 0.2) is 6.29 Å².